The Morgan fingerprint density at radius 3 is 2.67 bits per heavy atom. The summed E-state index contributed by atoms with van der Waals surface area (Å²) in [6.07, 6.45) is 5.86. The second kappa shape index (κ2) is 9.54. The highest BCUT2D eigenvalue weighted by Gasteiger charge is 2.10. The van der Waals surface area contributed by atoms with Gasteiger partial charge < -0.3 is 10.1 Å². The average Bonchev–Trinajstić information content (AvgIpc) is 2.83. The van der Waals surface area contributed by atoms with Crippen molar-refractivity contribution in [2.24, 2.45) is 0 Å². The Bertz CT molecular complexity index is 311. The van der Waals surface area contributed by atoms with Crippen LogP contribution >= 0.6 is 11.3 Å². The summed E-state index contributed by atoms with van der Waals surface area (Å²) < 4.78 is 5.14. The van der Waals surface area contributed by atoms with E-state index in [0.717, 1.165) is 32.4 Å². The van der Waals surface area contributed by atoms with E-state index in [0.29, 0.717) is 6.04 Å². The lowest BCUT2D eigenvalue weighted by atomic mass is 10.1. The van der Waals surface area contributed by atoms with E-state index in [-0.39, 0.29) is 0 Å². The molecule has 0 spiro atoms. The number of hydrogen-bond donors (Lipinski definition) is 1. The summed E-state index contributed by atoms with van der Waals surface area (Å²) in [4.78, 5) is 3.01. The van der Waals surface area contributed by atoms with Crippen LogP contribution in [0.2, 0.25) is 0 Å². The Kier molecular flexibility index (Phi) is 8.31. The highest BCUT2D eigenvalue weighted by molar-refractivity contribution is 7.11. The summed E-state index contributed by atoms with van der Waals surface area (Å²) in [6.45, 7) is 6.43. The molecule has 1 atom stereocenters. The summed E-state index contributed by atoms with van der Waals surface area (Å²) in [7, 11) is 1.78. The zero-order chi connectivity index (χ0) is 13.2. The molecule has 0 radical (unpaired) electrons. The lowest BCUT2D eigenvalue weighted by Gasteiger charge is -2.17. The van der Waals surface area contributed by atoms with Gasteiger partial charge in [-0.05, 0) is 50.8 Å². The summed E-state index contributed by atoms with van der Waals surface area (Å²) in [5.74, 6) is 0. The summed E-state index contributed by atoms with van der Waals surface area (Å²) >= 11 is 1.96. The minimum atomic E-state index is 0.600. The van der Waals surface area contributed by atoms with E-state index in [1.807, 2.05) is 11.3 Å². The number of thiophene rings is 1. The SMILES string of the molecule is CCCNC(CCCOC)Cc1ccc(CC)s1. The molecule has 1 unspecified atom stereocenters. The maximum absolute atomic E-state index is 5.14. The molecule has 1 aromatic rings. The first-order valence-electron chi connectivity index (χ1n) is 7.10. The standard InChI is InChI=1S/C15H27NOS/c1-4-10-16-13(7-6-11-17-3)12-15-9-8-14(5-2)18-15/h8-9,13,16H,4-7,10-12H2,1-3H3. The van der Waals surface area contributed by atoms with Crippen molar-refractivity contribution in [3.63, 3.8) is 0 Å². The van der Waals surface area contributed by atoms with Gasteiger partial charge in [-0.25, -0.2) is 0 Å². The highest BCUT2D eigenvalue weighted by atomic mass is 32.1. The molecule has 0 aliphatic carbocycles. The van der Waals surface area contributed by atoms with Gasteiger partial charge in [-0.1, -0.05) is 13.8 Å². The Hall–Kier alpha value is -0.380. The molecule has 1 N–H and O–H groups in total. The van der Waals surface area contributed by atoms with Crippen molar-refractivity contribution in [3.05, 3.63) is 21.9 Å². The van der Waals surface area contributed by atoms with Crippen LogP contribution in [0, 0.1) is 0 Å². The molecule has 0 saturated heterocycles. The van der Waals surface area contributed by atoms with E-state index in [1.165, 1.54) is 22.6 Å². The van der Waals surface area contributed by atoms with Gasteiger partial charge >= 0.3 is 0 Å². The van der Waals surface area contributed by atoms with Crippen LogP contribution in [-0.4, -0.2) is 26.3 Å². The number of hydrogen-bond acceptors (Lipinski definition) is 3. The smallest absolute Gasteiger partial charge is 0.0462 e. The molecular formula is C15H27NOS. The average molecular weight is 269 g/mol. The molecule has 2 nitrogen and oxygen atoms in total. The summed E-state index contributed by atoms with van der Waals surface area (Å²) in [5, 5.41) is 3.66. The Balaban J connectivity index is 2.42. The fourth-order valence-corrected chi connectivity index (χ4v) is 3.10. The van der Waals surface area contributed by atoms with E-state index in [1.54, 1.807) is 7.11 Å². The molecule has 1 rings (SSSR count). The van der Waals surface area contributed by atoms with Crippen LogP contribution < -0.4 is 5.32 Å². The molecule has 104 valence electrons. The van der Waals surface area contributed by atoms with Crippen molar-refractivity contribution in [2.75, 3.05) is 20.3 Å². The molecule has 3 heteroatoms. The first-order chi connectivity index (χ1) is 8.80. The highest BCUT2D eigenvalue weighted by Crippen LogP contribution is 2.19. The van der Waals surface area contributed by atoms with Crippen LogP contribution in [0.4, 0.5) is 0 Å². The van der Waals surface area contributed by atoms with Crippen LogP contribution in [0.15, 0.2) is 12.1 Å². The second-order valence-electron chi connectivity index (χ2n) is 4.71. The van der Waals surface area contributed by atoms with Gasteiger partial charge in [-0.3, -0.25) is 0 Å². The molecule has 0 fully saturated rings. The quantitative estimate of drug-likeness (QED) is 0.655. The predicted octanol–water partition coefficient (Wildman–Crippen LogP) is 3.65. The molecule has 0 amide bonds. The molecule has 0 saturated carbocycles. The molecule has 0 aliphatic rings. The Morgan fingerprint density at radius 2 is 2.06 bits per heavy atom. The van der Waals surface area contributed by atoms with Gasteiger partial charge in [0.05, 0.1) is 0 Å². The van der Waals surface area contributed by atoms with Gasteiger partial charge in [-0.15, -0.1) is 11.3 Å². The fourth-order valence-electron chi connectivity index (χ4n) is 2.06. The first-order valence-corrected chi connectivity index (χ1v) is 7.91. The van der Waals surface area contributed by atoms with Crippen molar-refractivity contribution >= 4 is 11.3 Å². The number of rotatable bonds is 10. The predicted molar refractivity (Wildman–Crippen MR) is 80.6 cm³/mol. The molecule has 0 aliphatic heterocycles. The summed E-state index contributed by atoms with van der Waals surface area (Å²) in [5.41, 5.74) is 0. The number of nitrogens with one attached hydrogen (secondary N) is 1. The van der Waals surface area contributed by atoms with E-state index >= 15 is 0 Å². The van der Waals surface area contributed by atoms with Crippen LogP contribution in [-0.2, 0) is 17.6 Å². The molecule has 1 heterocycles. The molecule has 1 aromatic heterocycles. The lowest BCUT2D eigenvalue weighted by Crippen LogP contribution is -2.31. The first kappa shape index (κ1) is 15.7. The molecular weight excluding hydrogens is 242 g/mol. The third kappa shape index (κ3) is 5.98. The van der Waals surface area contributed by atoms with Gasteiger partial charge in [0.2, 0.25) is 0 Å². The third-order valence-corrected chi connectivity index (χ3v) is 4.35. The van der Waals surface area contributed by atoms with Crippen LogP contribution in [0.1, 0.15) is 42.9 Å². The van der Waals surface area contributed by atoms with Crippen molar-refractivity contribution in [1.82, 2.24) is 5.32 Å². The van der Waals surface area contributed by atoms with Gasteiger partial charge in [0.15, 0.2) is 0 Å². The Morgan fingerprint density at radius 1 is 1.28 bits per heavy atom. The van der Waals surface area contributed by atoms with E-state index < -0.39 is 0 Å². The van der Waals surface area contributed by atoms with Crippen LogP contribution in [0.3, 0.4) is 0 Å². The zero-order valence-electron chi connectivity index (χ0n) is 12.0. The minimum Gasteiger partial charge on any atom is -0.385 e. The van der Waals surface area contributed by atoms with Gasteiger partial charge in [0.25, 0.3) is 0 Å². The zero-order valence-corrected chi connectivity index (χ0v) is 12.8. The van der Waals surface area contributed by atoms with Crippen molar-refractivity contribution < 1.29 is 4.74 Å². The van der Waals surface area contributed by atoms with Gasteiger partial charge in [0, 0.05) is 29.5 Å². The van der Waals surface area contributed by atoms with Gasteiger partial charge in [-0.2, -0.15) is 0 Å². The molecule has 0 bridgehead atoms. The summed E-state index contributed by atoms with van der Waals surface area (Å²) in [6, 6.07) is 5.16. The normalized spacial score (nSPS) is 12.8. The second-order valence-corrected chi connectivity index (χ2v) is 5.96. The van der Waals surface area contributed by atoms with Crippen LogP contribution in [0.25, 0.3) is 0 Å². The largest absolute Gasteiger partial charge is 0.385 e. The van der Waals surface area contributed by atoms with E-state index in [4.69, 9.17) is 4.74 Å². The topological polar surface area (TPSA) is 21.3 Å². The molecule has 18 heavy (non-hydrogen) atoms. The van der Waals surface area contributed by atoms with Crippen LogP contribution in [0.5, 0.6) is 0 Å². The minimum absolute atomic E-state index is 0.600. The third-order valence-electron chi connectivity index (χ3n) is 3.10. The number of ether oxygens (including phenoxy) is 1. The van der Waals surface area contributed by atoms with Crippen molar-refractivity contribution in [2.45, 2.75) is 52.0 Å². The van der Waals surface area contributed by atoms with Crippen molar-refractivity contribution in [1.29, 1.82) is 0 Å². The Labute approximate surface area is 116 Å². The number of methoxy groups -OCH3 is 1. The van der Waals surface area contributed by atoms with E-state index in [2.05, 4.69) is 31.3 Å². The number of aryl methyl sites for hydroxylation is 1. The van der Waals surface area contributed by atoms with Gasteiger partial charge in [0.1, 0.15) is 0 Å². The maximum atomic E-state index is 5.14. The maximum Gasteiger partial charge on any atom is 0.0462 e. The lowest BCUT2D eigenvalue weighted by molar-refractivity contribution is 0.188. The van der Waals surface area contributed by atoms with Crippen molar-refractivity contribution in [3.8, 4) is 0 Å². The molecule has 0 aromatic carbocycles. The fraction of sp³-hybridized carbons (Fsp3) is 0.733. The van der Waals surface area contributed by atoms with E-state index in [9.17, 15) is 0 Å². The monoisotopic (exact) mass is 269 g/mol.